The minimum absolute atomic E-state index is 0.238. The third kappa shape index (κ3) is 2.24. The molecule has 7 nitrogen and oxygen atoms in total. The van der Waals surface area contributed by atoms with Crippen LogP contribution in [0.25, 0.3) is 11.4 Å². The van der Waals surface area contributed by atoms with Crippen LogP contribution in [0.5, 0.6) is 5.75 Å². The number of hydrogen-bond acceptors (Lipinski definition) is 5. The summed E-state index contributed by atoms with van der Waals surface area (Å²) < 4.78 is 6.43. The molecule has 3 N–H and O–H groups in total. The molecular formula is C11H12N4O3. The van der Waals surface area contributed by atoms with Crippen LogP contribution in [-0.4, -0.2) is 33.0 Å². The van der Waals surface area contributed by atoms with E-state index in [0.717, 1.165) is 0 Å². The molecule has 0 unspecified atom stereocenters. The fourth-order valence-corrected chi connectivity index (χ4v) is 1.59. The summed E-state index contributed by atoms with van der Waals surface area (Å²) in [6.45, 7) is -0.238. The zero-order chi connectivity index (χ0) is 13.1. The molecule has 2 aromatic rings. The summed E-state index contributed by atoms with van der Waals surface area (Å²) in [4.78, 5) is 14.6. The van der Waals surface area contributed by atoms with Crippen LogP contribution in [0.1, 0.15) is 0 Å². The van der Waals surface area contributed by atoms with E-state index >= 15 is 0 Å². The summed E-state index contributed by atoms with van der Waals surface area (Å²) >= 11 is 0. The molecule has 1 heterocycles. The van der Waals surface area contributed by atoms with Gasteiger partial charge in [0.1, 0.15) is 12.9 Å². The Hall–Kier alpha value is -2.57. The lowest BCUT2D eigenvalue weighted by atomic mass is 10.1. The van der Waals surface area contributed by atoms with E-state index in [1.165, 1.54) is 18.1 Å². The van der Waals surface area contributed by atoms with Crippen molar-refractivity contribution in [3.63, 3.8) is 0 Å². The molecule has 94 valence electrons. The van der Waals surface area contributed by atoms with Gasteiger partial charge in [0.2, 0.25) is 0 Å². The van der Waals surface area contributed by atoms with Crippen molar-refractivity contribution in [3.05, 3.63) is 24.5 Å². The van der Waals surface area contributed by atoms with Gasteiger partial charge in [-0.05, 0) is 12.1 Å². The first-order chi connectivity index (χ1) is 8.61. The van der Waals surface area contributed by atoms with Crippen LogP contribution >= 0.6 is 0 Å². The first kappa shape index (κ1) is 11.9. The first-order valence-corrected chi connectivity index (χ1v) is 5.16. The minimum atomic E-state index is -0.981. The van der Waals surface area contributed by atoms with Crippen LogP contribution in [0.15, 0.2) is 24.5 Å². The van der Waals surface area contributed by atoms with Gasteiger partial charge < -0.3 is 15.6 Å². The number of anilines is 1. The van der Waals surface area contributed by atoms with E-state index in [4.69, 9.17) is 15.6 Å². The van der Waals surface area contributed by atoms with Crippen molar-refractivity contribution in [3.8, 4) is 17.1 Å². The molecule has 7 heteroatoms. The van der Waals surface area contributed by atoms with E-state index < -0.39 is 5.97 Å². The number of aliphatic carboxylic acids is 1. The van der Waals surface area contributed by atoms with E-state index in [2.05, 4.69) is 10.1 Å². The number of nitrogens with two attached hydrogens (primary N) is 1. The quantitative estimate of drug-likeness (QED) is 0.769. The van der Waals surface area contributed by atoms with E-state index in [0.29, 0.717) is 22.8 Å². The van der Waals surface area contributed by atoms with Crippen LogP contribution < -0.4 is 10.5 Å². The molecule has 0 bridgehead atoms. The van der Waals surface area contributed by atoms with Crippen LogP contribution in [0.4, 0.5) is 5.69 Å². The highest BCUT2D eigenvalue weighted by Crippen LogP contribution is 2.32. The second-order valence-corrected chi connectivity index (χ2v) is 3.59. The highest BCUT2D eigenvalue weighted by atomic mass is 16.5. The molecule has 0 spiro atoms. The summed E-state index contributed by atoms with van der Waals surface area (Å²) in [5, 5.41) is 12.7. The molecule has 0 saturated carbocycles. The van der Waals surface area contributed by atoms with E-state index in [9.17, 15) is 4.79 Å². The third-order valence-electron chi connectivity index (χ3n) is 2.32. The topological polar surface area (TPSA) is 103 Å². The molecule has 0 radical (unpaired) electrons. The number of methoxy groups -OCH3 is 1. The normalized spacial score (nSPS) is 10.3. The SMILES string of the molecule is COc1c(N)cccc1-c1ncn(CC(=O)O)n1. The second-order valence-electron chi connectivity index (χ2n) is 3.59. The number of benzene rings is 1. The minimum Gasteiger partial charge on any atom is -0.494 e. The zero-order valence-corrected chi connectivity index (χ0v) is 9.70. The summed E-state index contributed by atoms with van der Waals surface area (Å²) in [5.41, 5.74) is 6.88. The van der Waals surface area contributed by atoms with Gasteiger partial charge in [-0.25, -0.2) is 9.67 Å². The highest BCUT2D eigenvalue weighted by molar-refractivity contribution is 5.73. The first-order valence-electron chi connectivity index (χ1n) is 5.16. The number of carbonyl (C=O) groups is 1. The standard InChI is InChI=1S/C11H12N4O3/c1-18-10-7(3-2-4-8(10)12)11-13-6-15(14-11)5-9(16)17/h2-4,6H,5,12H2,1H3,(H,16,17). The summed E-state index contributed by atoms with van der Waals surface area (Å²) in [6, 6.07) is 5.22. The van der Waals surface area contributed by atoms with Crippen molar-refractivity contribution in [2.24, 2.45) is 0 Å². The van der Waals surface area contributed by atoms with Gasteiger partial charge in [-0.1, -0.05) is 6.07 Å². The number of carboxylic acid groups (broad SMARTS) is 1. The average molecular weight is 248 g/mol. The molecule has 2 rings (SSSR count). The van der Waals surface area contributed by atoms with E-state index in [1.54, 1.807) is 18.2 Å². The fourth-order valence-electron chi connectivity index (χ4n) is 1.59. The van der Waals surface area contributed by atoms with Crippen LogP contribution in [-0.2, 0) is 11.3 Å². The van der Waals surface area contributed by atoms with E-state index in [-0.39, 0.29) is 6.54 Å². The summed E-state index contributed by atoms with van der Waals surface area (Å²) in [5.74, 6) is -0.128. The molecule has 18 heavy (non-hydrogen) atoms. The number of nitrogen functional groups attached to an aromatic ring is 1. The molecular weight excluding hydrogens is 236 g/mol. The van der Waals surface area contributed by atoms with Crippen molar-refractivity contribution in [2.45, 2.75) is 6.54 Å². The number of carboxylic acids is 1. The van der Waals surface area contributed by atoms with Gasteiger partial charge in [-0.2, -0.15) is 5.10 Å². The highest BCUT2D eigenvalue weighted by Gasteiger charge is 2.13. The molecule has 1 aromatic heterocycles. The Morgan fingerprint density at radius 3 is 3.00 bits per heavy atom. The Labute approximate surface area is 103 Å². The largest absolute Gasteiger partial charge is 0.494 e. The Balaban J connectivity index is 2.40. The van der Waals surface area contributed by atoms with Crippen molar-refractivity contribution < 1.29 is 14.6 Å². The van der Waals surface area contributed by atoms with Gasteiger partial charge in [0.15, 0.2) is 11.6 Å². The van der Waals surface area contributed by atoms with Gasteiger partial charge in [0, 0.05) is 0 Å². The van der Waals surface area contributed by atoms with Gasteiger partial charge in [0.05, 0.1) is 18.4 Å². The predicted octanol–water partition coefficient (Wildman–Crippen LogP) is 0.620. The number of hydrogen-bond donors (Lipinski definition) is 2. The van der Waals surface area contributed by atoms with Gasteiger partial charge >= 0.3 is 5.97 Å². The van der Waals surface area contributed by atoms with Gasteiger partial charge in [-0.15, -0.1) is 0 Å². The van der Waals surface area contributed by atoms with Gasteiger partial charge in [-0.3, -0.25) is 4.79 Å². The predicted molar refractivity (Wildman–Crippen MR) is 64.1 cm³/mol. The van der Waals surface area contributed by atoms with Crippen LogP contribution in [0.3, 0.4) is 0 Å². The van der Waals surface area contributed by atoms with E-state index in [1.807, 2.05) is 0 Å². The summed E-state index contributed by atoms with van der Waals surface area (Å²) in [6.07, 6.45) is 1.35. The molecule has 0 atom stereocenters. The number of ether oxygens (including phenoxy) is 1. The zero-order valence-electron chi connectivity index (χ0n) is 9.70. The Kier molecular flexibility index (Phi) is 3.13. The molecule has 0 saturated heterocycles. The smallest absolute Gasteiger partial charge is 0.325 e. The molecule has 0 aliphatic carbocycles. The lowest BCUT2D eigenvalue weighted by molar-refractivity contribution is -0.137. The van der Waals surface area contributed by atoms with Crippen molar-refractivity contribution in [1.29, 1.82) is 0 Å². The molecule has 0 fully saturated rings. The lowest BCUT2D eigenvalue weighted by Crippen LogP contribution is -2.09. The van der Waals surface area contributed by atoms with Crippen LogP contribution in [0, 0.1) is 0 Å². The number of aromatic nitrogens is 3. The monoisotopic (exact) mass is 248 g/mol. The Morgan fingerprint density at radius 2 is 2.33 bits per heavy atom. The number of rotatable bonds is 4. The van der Waals surface area contributed by atoms with Gasteiger partial charge in [0.25, 0.3) is 0 Å². The molecule has 1 aromatic carbocycles. The van der Waals surface area contributed by atoms with Crippen molar-refractivity contribution >= 4 is 11.7 Å². The lowest BCUT2D eigenvalue weighted by Gasteiger charge is -2.07. The van der Waals surface area contributed by atoms with Crippen molar-refractivity contribution in [1.82, 2.24) is 14.8 Å². The maximum atomic E-state index is 10.6. The van der Waals surface area contributed by atoms with Crippen molar-refractivity contribution in [2.75, 3.05) is 12.8 Å². The molecule has 0 aliphatic heterocycles. The number of para-hydroxylation sites is 1. The van der Waals surface area contributed by atoms with Crippen LogP contribution in [0.2, 0.25) is 0 Å². The Morgan fingerprint density at radius 1 is 1.56 bits per heavy atom. The maximum absolute atomic E-state index is 10.6. The second kappa shape index (κ2) is 4.74. The number of nitrogens with zero attached hydrogens (tertiary/aromatic N) is 3. The Bertz CT molecular complexity index is 579. The average Bonchev–Trinajstić information content (AvgIpc) is 2.76. The third-order valence-corrected chi connectivity index (χ3v) is 2.32. The summed E-state index contributed by atoms with van der Waals surface area (Å²) in [7, 11) is 1.50. The molecule has 0 amide bonds. The fraction of sp³-hybridized carbons (Fsp3) is 0.182. The molecule has 0 aliphatic rings. The maximum Gasteiger partial charge on any atom is 0.325 e.